The molecule has 0 aromatic carbocycles. The fraction of sp³-hybridized carbons (Fsp3) is 0.545. The molecule has 1 amide bonds. The number of carbonyl (C=O) groups excluding carboxylic acids is 1. The number of nitrogens with zero attached hydrogens (tertiary/aromatic N) is 1. The van der Waals surface area contributed by atoms with Crippen LogP contribution in [0.1, 0.15) is 34.1 Å². The summed E-state index contributed by atoms with van der Waals surface area (Å²) < 4.78 is 0. The van der Waals surface area contributed by atoms with Crippen molar-refractivity contribution in [3.8, 4) is 0 Å². The smallest absolute Gasteiger partial charge is 0.250 e. The van der Waals surface area contributed by atoms with Gasteiger partial charge in [-0.3, -0.25) is 4.79 Å². The van der Waals surface area contributed by atoms with Crippen molar-refractivity contribution >= 4 is 5.91 Å². The highest BCUT2D eigenvalue weighted by molar-refractivity contribution is 5.88. The molecule has 0 aromatic heterocycles. The Hall–Kier alpha value is -1.05. The van der Waals surface area contributed by atoms with Gasteiger partial charge >= 0.3 is 0 Å². The van der Waals surface area contributed by atoms with Crippen LogP contribution in [0.5, 0.6) is 0 Å². The van der Waals surface area contributed by atoms with Gasteiger partial charge in [0.15, 0.2) is 0 Å². The summed E-state index contributed by atoms with van der Waals surface area (Å²) in [6.45, 7) is 8.00. The monoisotopic (exact) mass is 181 g/mol. The number of hydrogen-bond acceptors (Lipinski definition) is 1. The first-order valence-electron chi connectivity index (χ1n) is 4.87. The lowest BCUT2D eigenvalue weighted by Crippen LogP contribution is -2.30. The molecule has 2 heteroatoms. The minimum atomic E-state index is 0.0775. The molecule has 0 radical (unpaired) electrons. The minimum absolute atomic E-state index is 0.0775. The van der Waals surface area contributed by atoms with Crippen LogP contribution in [0.3, 0.4) is 0 Å². The molecule has 0 atom stereocenters. The highest BCUT2D eigenvalue weighted by Crippen LogP contribution is 2.05. The van der Waals surface area contributed by atoms with E-state index in [1.54, 1.807) is 11.0 Å². The fourth-order valence-electron chi connectivity index (χ4n) is 1.01. The summed E-state index contributed by atoms with van der Waals surface area (Å²) >= 11 is 0. The first kappa shape index (κ1) is 11.9. The van der Waals surface area contributed by atoms with Crippen LogP contribution in [0.2, 0.25) is 0 Å². The number of hydrogen-bond donors (Lipinski definition) is 0. The molecule has 0 spiro atoms. The van der Waals surface area contributed by atoms with Gasteiger partial charge in [0.2, 0.25) is 5.91 Å². The van der Waals surface area contributed by atoms with Gasteiger partial charge in [0.05, 0.1) is 0 Å². The van der Waals surface area contributed by atoms with E-state index in [0.29, 0.717) is 0 Å². The van der Waals surface area contributed by atoms with Gasteiger partial charge in [-0.05, 0) is 26.3 Å². The summed E-state index contributed by atoms with van der Waals surface area (Å²) in [7, 11) is 0. The van der Waals surface area contributed by atoms with E-state index >= 15 is 0 Å². The first-order chi connectivity index (χ1) is 6.22. The molecular formula is C11H19NO. The molecule has 1 rings (SSSR count). The Kier molecular flexibility index (Phi) is 5.94. The van der Waals surface area contributed by atoms with Crippen LogP contribution in [-0.4, -0.2) is 16.8 Å². The van der Waals surface area contributed by atoms with Gasteiger partial charge in [0.1, 0.15) is 0 Å². The van der Waals surface area contributed by atoms with Gasteiger partial charge in [0, 0.05) is 12.2 Å². The quantitative estimate of drug-likeness (QED) is 0.609. The molecular weight excluding hydrogens is 162 g/mol. The number of carbonyl (C=O) groups is 1. The van der Waals surface area contributed by atoms with Crippen molar-refractivity contribution in [3.05, 3.63) is 24.4 Å². The van der Waals surface area contributed by atoms with Gasteiger partial charge < -0.3 is 4.90 Å². The molecule has 1 aliphatic rings. The van der Waals surface area contributed by atoms with E-state index < -0.39 is 0 Å². The molecule has 0 saturated heterocycles. The summed E-state index contributed by atoms with van der Waals surface area (Å²) in [5.41, 5.74) is 0. The van der Waals surface area contributed by atoms with Crippen molar-refractivity contribution in [2.75, 3.05) is 0 Å². The molecule has 1 aliphatic heterocycles. The molecule has 0 aromatic rings. The zero-order valence-electron chi connectivity index (χ0n) is 8.95. The Morgan fingerprint density at radius 2 is 1.92 bits per heavy atom. The zero-order valence-corrected chi connectivity index (χ0v) is 8.95. The Morgan fingerprint density at radius 1 is 1.31 bits per heavy atom. The molecule has 0 fully saturated rings. The second kappa shape index (κ2) is 6.46. The molecule has 13 heavy (non-hydrogen) atoms. The van der Waals surface area contributed by atoms with Crippen LogP contribution in [0, 0.1) is 0 Å². The SMILES string of the molecule is CC.CC(C)N1C=CCC=CC1=O. The van der Waals surface area contributed by atoms with Crippen LogP contribution < -0.4 is 0 Å². The van der Waals surface area contributed by atoms with Crippen molar-refractivity contribution in [2.45, 2.75) is 40.2 Å². The van der Waals surface area contributed by atoms with Crippen molar-refractivity contribution in [1.29, 1.82) is 0 Å². The van der Waals surface area contributed by atoms with Gasteiger partial charge in [-0.2, -0.15) is 0 Å². The lowest BCUT2D eigenvalue weighted by atomic mass is 10.3. The average Bonchev–Trinajstić information content (AvgIpc) is 2.33. The maximum absolute atomic E-state index is 11.2. The molecule has 0 saturated carbocycles. The van der Waals surface area contributed by atoms with Crippen LogP contribution in [0.15, 0.2) is 24.4 Å². The molecule has 0 aliphatic carbocycles. The van der Waals surface area contributed by atoms with E-state index in [9.17, 15) is 4.79 Å². The lowest BCUT2D eigenvalue weighted by Gasteiger charge is -2.19. The second-order valence-electron chi connectivity index (χ2n) is 2.86. The largest absolute Gasteiger partial charge is 0.313 e. The second-order valence-corrected chi connectivity index (χ2v) is 2.86. The average molecular weight is 181 g/mol. The van der Waals surface area contributed by atoms with Crippen LogP contribution in [0.25, 0.3) is 0 Å². The van der Waals surface area contributed by atoms with E-state index in [4.69, 9.17) is 0 Å². The predicted molar refractivity (Wildman–Crippen MR) is 56.2 cm³/mol. The summed E-state index contributed by atoms with van der Waals surface area (Å²) in [5.74, 6) is 0.0775. The van der Waals surface area contributed by atoms with E-state index in [-0.39, 0.29) is 11.9 Å². The Balaban J connectivity index is 0.000000671. The topological polar surface area (TPSA) is 20.3 Å². The summed E-state index contributed by atoms with van der Waals surface area (Å²) in [6, 6.07) is 0.251. The van der Waals surface area contributed by atoms with Gasteiger partial charge in [-0.25, -0.2) is 0 Å². The van der Waals surface area contributed by atoms with Gasteiger partial charge in [-0.15, -0.1) is 0 Å². The number of rotatable bonds is 1. The normalized spacial score (nSPS) is 15.5. The first-order valence-corrected chi connectivity index (χ1v) is 4.87. The third-order valence-corrected chi connectivity index (χ3v) is 1.61. The summed E-state index contributed by atoms with van der Waals surface area (Å²) in [5, 5.41) is 0. The Morgan fingerprint density at radius 3 is 2.46 bits per heavy atom. The standard InChI is InChI=1S/C9H13NO.C2H6/c1-8(2)10-7-5-3-4-6-9(10)11;1-2/h4-8H,3H2,1-2H3;1-2H3. The molecule has 74 valence electrons. The van der Waals surface area contributed by atoms with Crippen molar-refractivity contribution in [1.82, 2.24) is 4.90 Å². The number of amides is 1. The third kappa shape index (κ3) is 3.92. The van der Waals surface area contributed by atoms with E-state index in [1.165, 1.54) is 0 Å². The zero-order chi connectivity index (χ0) is 10.3. The highest BCUT2D eigenvalue weighted by atomic mass is 16.2. The predicted octanol–water partition coefficient (Wildman–Crippen LogP) is 2.72. The molecule has 0 N–H and O–H groups in total. The highest BCUT2D eigenvalue weighted by Gasteiger charge is 2.11. The van der Waals surface area contributed by atoms with Gasteiger partial charge in [0.25, 0.3) is 0 Å². The molecule has 1 heterocycles. The lowest BCUT2D eigenvalue weighted by molar-refractivity contribution is -0.124. The van der Waals surface area contributed by atoms with Gasteiger partial charge in [-0.1, -0.05) is 26.0 Å². The van der Waals surface area contributed by atoms with Crippen molar-refractivity contribution < 1.29 is 4.79 Å². The van der Waals surface area contributed by atoms with E-state index in [1.807, 2.05) is 46.0 Å². The maximum Gasteiger partial charge on any atom is 0.250 e. The molecule has 2 nitrogen and oxygen atoms in total. The van der Waals surface area contributed by atoms with Crippen molar-refractivity contribution in [2.24, 2.45) is 0 Å². The van der Waals surface area contributed by atoms with Crippen LogP contribution >= 0.6 is 0 Å². The summed E-state index contributed by atoms with van der Waals surface area (Å²) in [4.78, 5) is 13.0. The number of allylic oxidation sites excluding steroid dienone is 2. The molecule has 0 unspecified atom stereocenters. The molecule has 0 bridgehead atoms. The Labute approximate surface area is 80.9 Å². The van der Waals surface area contributed by atoms with Crippen LogP contribution in [-0.2, 0) is 4.79 Å². The minimum Gasteiger partial charge on any atom is -0.313 e. The third-order valence-electron chi connectivity index (χ3n) is 1.61. The van der Waals surface area contributed by atoms with E-state index in [0.717, 1.165) is 6.42 Å². The van der Waals surface area contributed by atoms with E-state index in [2.05, 4.69) is 0 Å². The van der Waals surface area contributed by atoms with Crippen molar-refractivity contribution in [3.63, 3.8) is 0 Å². The fourth-order valence-corrected chi connectivity index (χ4v) is 1.01. The van der Waals surface area contributed by atoms with Crippen LogP contribution in [0.4, 0.5) is 0 Å². The Bertz CT molecular complexity index is 204. The maximum atomic E-state index is 11.2. The summed E-state index contributed by atoms with van der Waals surface area (Å²) in [6.07, 6.45) is 8.20.